The summed E-state index contributed by atoms with van der Waals surface area (Å²) in [6.07, 6.45) is 2.59. The van der Waals surface area contributed by atoms with E-state index in [1.807, 2.05) is 47.7 Å². The van der Waals surface area contributed by atoms with Gasteiger partial charge < -0.3 is 15.5 Å². The highest BCUT2D eigenvalue weighted by Gasteiger charge is 2.18. The van der Waals surface area contributed by atoms with Crippen molar-refractivity contribution in [2.45, 2.75) is 53.0 Å². The minimum absolute atomic E-state index is 0.170. The third-order valence-corrected chi connectivity index (χ3v) is 5.08. The summed E-state index contributed by atoms with van der Waals surface area (Å²) in [6.45, 7) is 9.67. The van der Waals surface area contributed by atoms with Crippen molar-refractivity contribution >= 4 is 23.3 Å². The molecule has 1 aromatic carbocycles. The molecule has 0 unspecified atom stereocenters. The van der Waals surface area contributed by atoms with E-state index in [0.29, 0.717) is 12.1 Å². The molecule has 0 bridgehead atoms. The van der Waals surface area contributed by atoms with Gasteiger partial charge in [-0.1, -0.05) is 12.1 Å². The first kappa shape index (κ1) is 19.9. The number of aromatic nitrogens is 2. The second-order valence-electron chi connectivity index (χ2n) is 7.62. The third kappa shape index (κ3) is 4.52. The van der Waals surface area contributed by atoms with Gasteiger partial charge >= 0.3 is 6.03 Å². The normalized spacial score (nSPS) is 13.8. The minimum Gasteiger partial charge on any atom is -0.342 e. The Bertz CT molecular complexity index is 848. The van der Waals surface area contributed by atoms with Crippen LogP contribution in [0.5, 0.6) is 0 Å². The van der Waals surface area contributed by atoms with Crippen molar-refractivity contribution in [3.8, 4) is 0 Å². The van der Waals surface area contributed by atoms with Crippen molar-refractivity contribution in [2.24, 2.45) is 0 Å². The summed E-state index contributed by atoms with van der Waals surface area (Å²) in [5.41, 5.74) is 4.09. The topological polar surface area (TPSA) is 79.3 Å². The van der Waals surface area contributed by atoms with Crippen LogP contribution in [-0.2, 0) is 11.2 Å². The van der Waals surface area contributed by atoms with Crippen LogP contribution in [0.15, 0.2) is 24.3 Å². The molecule has 7 nitrogen and oxygen atoms in total. The molecule has 1 aromatic heterocycles. The van der Waals surface area contributed by atoms with E-state index in [2.05, 4.69) is 29.6 Å². The SMILES string of the molecule is Cc1nn(C(C)C)c(C)c1NC(=O)Nc1ccc(CC(=O)N2CCCC2)cc1. The summed E-state index contributed by atoms with van der Waals surface area (Å²) in [5.74, 6) is 0.170. The number of carbonyl (C=O) groups is 2. The average molecular weight is 383 g/mol. The maximum absolute atomic E-state index is 12.4. The lowest BCUT2D eigenvalue weighted by Gasteiger charge is -2.15. The van der Waals surface area contributed by atoms with Crippen molar-refractivity contribution in [1.29, 1.82) is 0 Å². The Labute approximate surface area is 166 Å². The fourth-order valence-corrected chi connectivity index (χ4v) is 3.58. The maximum Gasteiger partial charge on any atom is 0.323 e. The van der Waals surface area contributed by atoms with Gasteiger partial charge in [-0.2, -0.15) is 5.10 Å². The van der Waals surface area contributed by atoms with Gasteiger partial charge in [-0.05, 0) is 58.2 Å². The molecule has 150 valence electrons. The number of likely N-dealkylation sites (tertiary alicyclic amines) is 1. The predicted molar refractivity (Wildman–Crippen MR) is 111 cm³/mol. The molecule has 3 rings (SSSR count). The van der Waals surface area contributed by atoms with Crippen molar-refractivity contribution in [2.75, 3.05) is 23.7 Å². The summed E-state index contributed by atoms with van der Waals surface area (Å²) < 4.78 is 1.90. The first-order valence-electron chi connectivity index (χ1n) is 9.85. The van der Waals surface area contributed by atoms with E-state index >= 15 is 0 Å². The number of hydrogen-bond acceptors (Lipinski definition) is 3. The molecule has 1 fully saturated rings. The Hall–Kier alpha value is -2.83. The molecule has 0 radical (unpaired) electrons. The monoisotopic (exact) mass is 383 g/mol. The van der Waals surface area contributed by atoms with Gasteiger partial charge in [0.1, 0.15) is 0 Å². The van der Waals surface area contributed by atoms with Gasteiger partial charge in [0.25, 0.3) is 0 Å². The van der Waals surface area contributed by atoms with Crippen LogP contribution in [-0.4, -0.2) is 39.7 Å². The van der Waals surface area contributed by atoms with Crippen LogP contribution in [0.2, 0.25) is 0 Å². The summed E-state index contributed by atoms with van der Waals surface area (Å²) in [6, 6.07) is 7.34. The highest BCUT2D eigenvalue weighted by atomic mass is 16.2. The van der Waals surface area contributed by atoms with Gasteiger partial charge in [-0.3, -0.25) is 9.48 Å². The number of rotatable bonds is 5. The predicted octanol–water partition coefficient (Wildman–Crippen LogP) is 3.89. The lowest BCUT2D eigenvalue weighted by atomic mass is 10.1. The van der Waals surface area contributed by atoms with Crippen LogP contribution in [0.1, 0.15) is 49.7 Å². The number of aryl methyl sites for hydroxylation is 1. The van der Waals surface area contributed by atoms with Gasteiger partial charge in [0.2, 0.25) is 5.91 Å². The van der Waals surface area contributed by atoms with Crippen LogP contribution in [0.25, 0.3) is 0 Å². The number of benzene rings is 1. The molecule has 1 aliphatic rings. The first-order valence-corrected chi connectivity index (χ1v) is 9.85. The molecule has 1 aliphatic heterocycles. The van der Waals surface area contributed by atoms with E-state index in [0.717, 1.165) is 48.6 Å². The minimum atomic E-state index is -0.310. The number of amides is 3. The van der Waals surface area contributed by atoms with Gasteiger partial charge in [-0.15, -0.1) is 0 Å². The molecule has 2 N–H and O–H groups in total. The smallest absolute Gasteiger partial charge is 0.323 e. The van der Waals surface area contributed by atoms with Gasteiger partial charge in [0.15, 0.2) is 0 Å². The van der Waals surface area contributed by atoms with E-state index in [-0.39, 0.29) is 18.0 Å². The van der Waals surface area contributed by atoms with Crippen molar-refractivity contribution in [3.63, 3.8) is 0 Å². The fraction of sp³-hybridized carbons (Fsp3) is 0.476. The standard InChI is InChI=1S/C21H29N5O2/c1-14(2)26-16(4)20(15(3)24-26)23-21(28)22-18-9-7-17(8-10-18)13-19(27)25-11-5-6-12-25/h7-10,14H,5-6,11-13H2,1-4H3,(H2,22,23,28). The first-order chi connectivity index (χ1) is 13.3. The molecule has 28 heavy (non-hydrogen) atoms. The van der Waals surface area contributed by atoms with Crippen LogP contribution in [0, 0.1) is 13.8 Å². The number of urea groups is 1. The zero-order valence-electron chi connectivity index (χ0n) is 17.1. The van der Waals surface area contributed by atoms with Crippen molar-refractivity contribution in [3.05, 3.63) is 41.2 Å². The summed E-state index contributed by atoms with van der Waals surface area (Å²) in [7, 11) is 0. The molecule has 7 heteroatoms. The van der Waals surface area contributed by atoms with Gasteiger partial charge in [0, 0.05) is 24.8 Å². The molecular weight excluding hydrogens is 354 g/mol. The molecule has 1 saturated heterocycles. The molecule has 3 amide bonds. The third-order valence-electron chi connectivity index (χ3n) is 5.08. The van der Waals surface area contributed by atoms with Crippen LogP contribution in [0.3, 0.4) is 0 Å². The largest absolute Gasteiger partial charge is 0.342 e. The molecule has 2 aromatic rings. The molecule has 0 atom stereocenters. The number of carbonyl (C=O) groups excluding carboxylic acids is 2. The highest BCUT2D eigenvalue weighted by Crippen LogP contribution is 2.22. The van der Waals surface area contributed by atoms with Crippen LogP contribution >= 0.6 is 0 Å². The van der Waals surface area contributed by atoms with Crippen molar-refractivity contribution in [1.82, 2.24) is 14.7 Å². The number of anilines is 2. The van der Waals surface area contributed by atoms with E-state index in [1.165, 1.54) is 0 Å². The quantitative estimate of drug-likeness (QED) is 0.822. The molecule has 0 aliphatic carbocycles. The second kappa shape index (κ2) is 8.46. The Kier molecular flexibility index (Phi) is 6.02. The second-order valence-corrected chi connectivity index (χ2v) is 7.62. The van der Waals surface area contributed by atoms with Gasteiger partial charge in [0.05, 0.1) is 23.5 Å². The van der Waals surface area contributed by atoms with E-state index in [1.54, 1.807) is 0 Å². The Morgan fingerprint density at radius 3 is 2.29 bits per heavy atom. The zero-order valence-corrected chi connectivity index (χ0v) is 17.1. The fourth-order valence-electron chi connectivity index (χ4n) is 3.58. The highest BCUT2D eigenvalue weighted by molar-refractivity contribution is 6.00. The van der Waals surface area contributed by atoms with E-state index < -0.39 is 0 Å². The molecule has 0 spiro atoms. The average Bonchev–Trinajstić information content (AvgIpc) is 3.28. The summed E-state index contributed by atoms with van der Waals surface area (Å²) in [4.78, 5) is 26.5. The summed E-state index contributed by atoms with van der Waals surface area (Å²) >= 11 is 0. The van der Waals surface area contributed by atoms with E-state index in [9.17, 15) is 9.59 Å². The molecule has 2 heterocycles. The number of nitrogens with zero attached hydrogens (tertiary/aromatic N) is 3. The zero-order chi connectivity index (χ0) is 20.3. The lowest BCUT2D eigenvalue weighted by Crippen LogP contribution is -2.29. The van der Waals surface area contributed by atoms with Crippen LogP contribution in [0.4, 0.5) is 16.2 Å². The molecular formula is C21H29N5O2. The number of nitrogens with one attached hydrogen (secondary N) is 2. The Morgan fingerprint density at radius 2 is 1.71 bits per heavy atom. The summed E-state index contributed by atoms with van der Waals surface area (Å²) in [5, 5.41) is 10.2. The maximum atomic E-state index is 12.4. The van der Waals surface area contributed by atoms with Gasteiger partial charge in [-0.25, -0.2) is 4.79 Å². The van der Waals surface area contributed by atoms with E-state index in [4.69, 9.17) is 0 Å². The van der Waals surface area contributed by atoms with Crippen molar-refractivity contribution < 1.29 is 9.59 Å². The van der Waals surface area contributed by atoms with Crippen LogP contribution < -0.4 is 10.6 Å². The Balaban J connectivity index is 1.58. The molecule has 0 saturated carbocycles. The number of hydrogen-bond donors (Lipinski definition) is 2. The lowest BCUT2D eigenvalue weighted by molar-refractivity contribution is -0.129. The Morgan fingerprint density at radius 1 is 1.07 bits per heavy atom.